The van der Waals surface area contributed by atoms with E-state index in [1.165, 1.54) is 16.0 Å². The Morgan fingerprint density at radius 3 is 2.38 bits per heavy atom. The molecule has 0 amide bonds. The fourth-order valence-electron chi connectivity index (χ4n) is 1.63. The highest BCUT2D eigenvalue weighted by Crippen LogP contribution is 2.20. The van der Waals surface area contributed by atoms with E-state index in [0.29, 0.717) is 0 Å². The number of hydrogen-bond acceptors (Lipinski definition) is 0. The molecule has 0 unspecified atom stereocenters. The van der Waals surface area contributed by atoms with Crippen LogP contribution in [-0.4, -0.2) is 9.52 Å². The summed E-state index contributed by atoms with van der Waals surface area (Å²) in [6, 6.07) is 12.5. The second-order valence-corrected chi connectivity index (χ2v) is 4.98. The summed E-state index contributed by atoms with van der Waals surface area (Å²) in [5.74, 6) is 0. The minimum absolute atomic E-state index is 0.105. The first-order valence-corrected chi connectivity index (χ1v) is 6.99. The van der Waals surface area contributed by atoms with Crippen LogP contribution in [0.5, 0.6) is 0 Å². The lowest BCUT2D eigenvalue weighted by atomic mass is 10.1. The second-order valence-electron chi connectivity index (χ2n) is 3.11. The van der Waals surface area contributed by atoms with E-state index < -0.39 is 0 Å². The maximum absolute atomic E-state index is 6.10. The number of halogens is 1. The molecule has 0 nitrogen and oxygen atoms in total. The van der Waals surface area contributed by atoms with Gasteiger partial charge in [-0.05, 0) is 11.5 Å². The Kier molecular flexibility index (Phi) is 2.38. The van der Waals surface area contributed by atoms with Gasteiger partial charge < -0.3 is 0 Å². The van der Waals surface area contributed by atoms with Gasteiger partial charge in [-0.1, -0.05) is 53.7 Å². The molecule has 0 aromatic heterocycles. The molecule has 0 spiro atoms. The Morgan fingerprint density at radius 1 is 1.00 bits per heavy atom. The standard InChI is InChI=1S/C11H11ClSi/c1-13-11-7-6-10(12)8-4-2-3-5-9(8)11/h2-7H,13H2,1H3. The minimum Gasteiger partial charge on any atom is -0.0837 e. The van der Waals surface area contributed by atoms with Gasteiger partial charge in [-0.3, -0.25) is 0 Å². The molecule has 0 fully saturated rings. The van der Waals surface area contributed by atoms with Crippen LogP contribution in [0.15, 0.2) is 36.4 Å². The van der Waals surface area contributed by atoms with Gasteiger partial charge >= 0.3 is 0 Å². The third kappa shape index (κ3) is 1.50. The molecule has 0 radical (unpaired) electrons. The molecular weight excluding hydrogens is 196 g/mol. The number of benzene rings is 2. The van der Waals surface area contributed by atoms with Crippen LogP contribution in [0.2, 0.25) is 11.6 Å². The van der Waals surface area contributed by atoms with Crippen LogP contribution in [0.4, 0.5) is 0 Å². The maximum Gasteiger partial charge on any atom is 0.0525 e. The molecule has 2 aromatic rings. The zero-order valence-electron chi connectivity index (χ0n) is 7.55. The van der Waals surface area contributed by atoms with Gasteiger partial charge in [-0.2, -0.15) is 0 Å². The quantitative estimate of drug-likeness (QED) is 0.629. The van der Waals surface area contributed by atoms with Crippen LogP contribution in [0.25, 0.3) is 10.8 Å². The average molecular weight is 207 g/mol. The predicted octanol–water partition coefficient (Wildman–Crippen LogP) is 2.34. The molecule has 0 bridgehead atoms. The predicted molar refractivity (Wildman–Crippen MR) is 63.0 cm³/mol. The number of rotatable bonds is 1. The van der Waals surface area contributed by atoms with Crippen molar-refractivity contribution in [1.82, 2.24) is 0 Å². The third-order valence-electron chi connectivity index (χ3n) is 2.34. The van der Waals surface area contributed by atoms with Crippen molar-refractivity contribution >= 4 is 37.1 Å². The van der Waals surface area contributed by atoms with Crippen molar-refractivity contribution in [3.8, 4) is 0 Å². The van der Waals surface area contributed by atoms with Gasteiger partial charge in [-0.15, -0.1) is 0 Å². The van der Waals surface area contributed by atoms with Crippen LogP contribution in [0.1, 0.15) is 0 Å². The van der Waals surface area contributed by atoms with Crippen LogP contribution >= 0.6 is 11.6 Å². The van der Waals surface area contributed by atoms with Crippen molar-refractivity contribution in [2.75, 3.05) is 0 Å². The fourth-order valence-corrected chi connectivity index (χ4v) is 2.90. The Morgan fingerprint density at radius 2 is 1.69 bits per heavy atom. The van der Waals surface area contributed by atoms with Crippen molar-refractivity contribution < 1.29 is 0 Å². The van der Waals surface area contributed by atoms with Crippen LogP contribution < -0.4 is 5.19 Å². The average Bonchev–Trinajstić information content (AvgIpc) is 2.19. The van der Waals surface area contributed by atoms with Crippen molar-refractivity contribution in [1.29, 1.82) is 0 Å². The molecule has 0 atom stereocenters. The van der Waals surface area contributed by atoms with E-state index in [2.05, 4.69) is 30.8 Å². The highest BCUT2D eigenvalue weighted by atomic mass is 35.5. The summed E-state index contributed by atoms with van der Waals surface area (Å²) in [4.78, 5) is 0. The lowest BCUT2D eigenvalue weighted by Gasteiger charge is -2.04. The first-order valence-electron chi connectivity index (χ1n) is 4.49. The molecule has 0 heterocycles. The Hall–Kier alpha value is -0.793. The van der Waals surface area contributed by atoms with E-state index in [-0.39, 0.29) is 9.52 Å². The number of hydrogen-bond donors (Lipinski definition) is 0. The van der Waals surface area contributed by atoms with Crippen molar-refractivity contribution in [3.05, 3.63) is 41.4 Å². The van der Waals surface area contributed by atoms with Gasteiger partial charge in [0.05, 0.1) is 9.52 Å². The molecular formula is C11H11ClSi. The highest BCUT2D eigenvalue weighted by Gasteiger charge is 2.01. The van der Waals surface area contributed by atoms with E-state index in [0.717, 1.165) is 5.02 Å². The second kappa shape index (κ2) is 3.52. The lowest BCUT2D eigenvalue weighted by molar-refractivity contribution is 1.77. The van der Waals surface area contributed by atoms with Crippen molar-refractivity contribution in [2.45, 2.75) is 6.55 Å². The van der Waals surface area contributed by atoms with Gasteiger partial charge in [0.2, 0.25) is 0 Å². The molecule has 0 aliphatic heterocycles. The maximum atomic E-state index is 6.10. The van der Waals surface area contributed by atoms with Gasteiger partial charge in [0.1, 0.15) is 0 Å². The molecule has 2 rings (SSSR count). The summed E-state index contributed by atoms with van der Waals surface area (Å²) >= 11 is 6.10. The zero-order chi connectivity index (χ0) is 9.26. The Balaban J connectivity index is 2.84. The molecule has 13 heavy (non-hydrogen) atoms. The normalized spacial score (nSPS) is 11.5. The smallest absolute Gasteiger partial charge is 0.0525 e. The number of fused-ring (bicyclic) bond motifs is 1. The van der Waals surface area contributed by atoms with E-state index in [4.69, 9.17) is 11.6 Å². The minimum atomic E-state index is -0.105. The summed E-state index contributed by atoms with van der Waals surface area (Å²) in [6.45, 7) is 2.30. The highest BCUT2D eigenvalue weighted by molar-refractivity contribution is 6.56. The Bertz CT molecular complexity index is 437. The molecule has 66 valence electrons. The molecule has 2 heteroatoms. The molecule has 0 aliphatic carbocycles. The summed E-state index contributed by atoms with van der Waals surface area (Å²) < 4.78 is 0. The summed E-state index contributed by atoms with van der Waals surface area (Å²) in [7, 11) is -0.105. The lowest BCUT2D eigenvalue weighted by Crippen LogP contribution is -2.11. The first kappa shape index (κ1) is 8.79. The van der Waals surface area contributed by atoms with E-state index in [1.807, 2.05) is 12.1 Å². The molecule has 0 N–H and O–H groups in total. The molecule has 0 aliphatic rings. The van der Waals surface area contributed by atoms with Crippen LogP contribution in [-0.2, 0) is 0 Å². The van der Waals surface area contributed by atoms with E-state index in [1.54, 1.807) is 0 Å². The van der Waals surface area contributed by atoms with Gasteiger partial charge in [0.15, 0.2) is 0 Å². The van der Waals surface area contributed by atoms with Crippen molar-refractivity contribution in [3.63, 3.8) is 0 Å². The third-order valence-corrected chi connectivity index (χ3v) is 4.05. The monoisotopic (exact) mass is 206 g/mol. The van der Waals surface area contributed by atoms with Crippen LogP contribution in [0.3, 0.4) is 0 Å². The molecule has 2 aromatic carbocycles. The van der Waals surface area contributed by atoms with E-state index >= 15 is 0 Å². The largest absolute Gasteiger partial charge is 0.0837 e. The zero-order valence-corrected chi connectivity index (χ0v) is 9.72. The van der Waals surface area contributed by atoms with Gasteiger partial charge in [-0.25, -0.2) is 0 Å². The first-order chi connectivity index (χ1) is 6.33. The Labute approximate surface area is 85.4 Å². The summed E-state index contributed by atoms with van der Waals surface area (Å²) in [6.07, 6.45) is 0. The van der Waals surface area contributed by atoms with Crippen LogP contribution in [0, 0.1) is 0 Å². The fraction of sp³-hybridized carbons (Fsp3) is 0.0909. The topological polar surface area (TPSA) is 0 Å². The van der Waals surface area contributed by atoms with E-state index in [9.17, 15) is 0 Å². The molecule has 0 saturated carbocycles. The van der Waals surface area contributed by atoms with Gasteiger partial charge in [0, 0.05) is 10.4 Å². The molecule has 0 saturated heterocycles. The summed E-state index contributed by atoms with van der Waals surface area (Å²) in [5.41, 5.74) is 0. The van der Waals surface area contributed by atoms with Crippen molar-refractivity contribution in [2.24, 2.45) is 0 Å². The SMILES string of the molecule is C[SiH2]c1ccc(Cl)c2ccccc12. The summed E-state index contributed by atoms with van der Waals surface area (Å²) in [5, 5.41) is 4.89. The van der Waals surface area contributed by atoms with Gasteiger partial charge in [0.25, 0.3) is 0 Å².